The van der Waals surface area contributed by atoms with Gasteiger partial charge < -0.3 is 14.6 Å². The maximum absolute atomic E-state index is 14.2. The van der Waals surface area contributed by atoms with Crippen molar-refractivity contribution >= 4 is 28.4 Å². The average Bonchev–Trinajstić information content (AvgIpc) is 2.98. The second kappa shape index (κ2) is 8.78. The molecule has 34 heavy (non-hydrogen) atoms. The molecule has 1 N–H and O–H groups in total. The summed E-state index contributed by atoms with van der Waals surface area (Å²) in [6.07, 6.45) is 6.40. The molecular formula is C27H30FN3O3. The number of amides is 2. The molecule has 2 aromatic carbocycles. The molecule has 3 aromatic rings. The van der Waals surface area contributed by atoms with E-state index in [2.05, 4.69) is 5.32 Å². The minimum atomic E-state index is -1.24. The van der Waals surface area contributed by atoms with Gasteiger partial charge in [-0.15, -0.1) is 0 Å². The van der Waals surface area contributed by atoms with E-state index in [0.717, 1.165) is 36.6 Å². The van der Waals surface area contributed by atoms with Gasteiger partial charge in [0.15, 0.2) is 0 Å². The Hall–Kier alpha value is -3.35. The molecule has 0 unspecified atom stereocenters. The summed E-state index contributed by atoms with van der Waals surface area (Å²) in [5.74, 6) is -0.316. The largest absolute Gasteiger partial charge is 0.497 e. The third-order valence-electron chi connectivity index (χ3n) is 7.24. The first-order valence-corrected chi connectivity index (χ1v) is 12.0. The molecule has 0 saturated heterocycles. The highest BCUT2D eigenvalue weighted by molar-refractivity contribution is 6.14. The third-order valence-corrected chi connectivity index (χ3v) is 7.24. The van der Waals surface area contributed by atoms with Crippen LogP contribution in [-0.2, 0) is 11.3 Å². The molecular weight excluding hydrogens is 433 g/mol. The normalized spacial score (nSPS) is 21.3. The topological polar surface area (TPSA) is 63.6 Å². The van der Waals surface area contributed by atoms with Gasteiger partial charge in [0.05, 0.1) is 19.2 Å². The molecule has 1 aromatic heterocycles. The van der Waals surface area contributed by atoms with E-state index in [1.165, 1.54) is 29.9 Å². The van der Waals surface area contributed by atoms with Crippen LogP contribution in [0.4, 0.5) is 10.1 Å². The van der Waals surface area contributed by atoms with Gasteiger partial charge in [-0.3, -0.25) is 14.5 Å². The Kier molecular flexibility index (Phi) is 5.80. The van der Waals surface area contributed by atoms with Gasteiger partial charge >= 0.3 is 0 Å². The van der Waals surface area contributed by atoms with Crippen LogP contribution >= 0.6 is 0 Å². The fourth-order valence-corrected chi connectivity index (χ4v) is 5.38. The molecule has 5 rings (SSSR count). The number of benzene rings is 2. The Morgan fingerprint density at radius 3 is 2.56 bits per heavy atom. The van der Waals surface area contributed by atoms with Crippen LogP contribution in [0.5, 0.6) is 5.75 Å². The molecule has 0 bridgehead atoms. The zero-order chi connectivity index (χ0) is 23.9. The van der Waals surface area contributed by atoms with Crippen molar-refractivity contribution in [1.29, 1.82) is 0 Å². The zero-order valence-corrected chi connectivity index (χ0v) is 19.6. The molecule has 2 aliphatic rings. The predicted molar refractivity (Wildman–Crippen MR) is 130 cm³/mol. The number of methoxy groups -OCH3 is 1. The number of rotatable bonds is 4. The summed E-state index contributed by atoms with van der Waals surface area (Å²) in [4.78, 5) is 29.2. The smallest absolute Gasteiger partial charge is 0.275 e. The van der Waals surface area contributed by atoms with E-state index >= 15 is 0 Å². The number of nitrogens with one attached hydrogen (secondary N) is 1. The number of hydrogen-bond acceptors (Lipinski definition) is 3. The molecule has 2 heterocycles. The number of fused-ring (bicyclic) bond motifs is 3. The quantitative estimate of drug-likeness (QED) is 0.551. The molecule has 178 valence electrons. The molecule has 0 spiro atoms. The van der Waals surface area contributed by atoms with Crippen molar-refractivity contribution in [3.05, 3.63) is 60.0 Å². The maximum Gasteiger partial charge on any atom is 0.275 e. The van der Waals surface area contributed by atoms with Crippen molar-refractivity contribution in [2.75, 3.05) is 12.0 Å². The number of ether oxygens (including phenoxy) is 1. The van der Waals surface area contributed by atoms with Crippen molar-refractivity contribution in [3.63, 3.8) is 0 Å². The first-order chi connectivity index (χ1) is 16.4. The number of aromatic nitrogens is 1. The highest BCUT2D eigenvalue weighted by Gasteiger charge is 2.49. The van der Waals surface area contributed by atoms with Crippen molar-refractivity contribution in [2.45, 2.75) is 63.6 Å². The van der Waals surface area contributed by atoms with Crippen LogP contribution in [0.15, 0.2) is 48.5 Å². The van der Waals surface area contributed by atoms with Crippen LogP contribution in [0.1, 0.15) is 55.9 Å². The molecule has 7 heteroatoms. The van der Waals surface area contributed by atoms with Crippen LogP contribution in [0.2, 0.25) is 0 Å². The minimum Gasteiger partial charge on any atom is -0.497 e. The van der Waals surface area contributed by atoms with Crippen molar-refractivity contribution in [2.24, 2.45) is 0 Å². The predicted octanol–water partition coefficient (Wildman–Crippen LogP) is 5.05. The van der Waals surface area contributed by atoms with Gasteiger partial charge in [0, 0.05) is 23.2 Å². The fraction of sp³-hybridized carbons (Fsp3) is 0.407. The summed E-state index contributed by atoms with van der Waals surface area (Å²) in [5, 5.41) is 4.12. The van der Waals surface area contributed by atoms with E-state index in [0.29, 0.717) is 17.1 Å². The van der Waals surface area contributed by atoms with Gasteiger partial charge in [0.2, 0.25) is 5.91 Å². The highest BCUT2D eigenvalue weighted by Crippen LogP contribution is 2.37. The van der Waals surface area contributed by atoms with Gasteiger partial charge in [0.25, 0.3) is 5.91 Å². The number of nitrogens with zero attached hydrogens (tertiary/aromatic N) is 2. The lowest BCUT2D eigenvalue weighted by Crippen LogP contribution is -2.65. The van der Waals surface area contributed by atoms with Crippen molar-refractivity contribution < 1.29 is 18.7 Å². The molecule has 2 amide bonds. The summed E-state index contributed by atoms with van der Waals surface area (Å²) >= 11 is 0. The van der Waals surface area contributed by atoms with E-state index in [4.69, 9.17) is 4.74 Å². The lowest BCUT2D eigenvalue weighted by Gasteiger charge is -2.44. The van der Waals surface area contributed by atoms with E-state index in [9.17, 15) is 14.0 Å². The summed E-state index contributed by atoms with van der Waals surface area (Å²) in [6.45, 7) is 2.02. The van der Waals surface area contributed by atoms with Crippen LogP contribution in [0.3, 0.4) is 0 Å². The first-order valence-electron chi connectivity index (χ1n) is 12.0. The van der Waals surface area contributed by atoms with Crippen molar-refractivity contribution in [3.8, 4) is 5.75 Å². The van der Waals surface area contributed by atoms with E-state index in [1.54, 1.807) is 26.2 Å². The number of halogens is 1. The summed E-state index contributed by atoms with van der Waals surface area (Å²) in [7, 11) is 1.60. The van der Waals surface area contributed by atoms with Crippen molar-refractivity contribution in [1.82, 2.24) is 9.88 Å². The zero-order valence-electron chi connectivity index (χ0n) is 19.6. The number of carbonyl (C=O) groups excluding carboxylic acids is 2. The molecule has 1 saturated carbocycles. The highest BCUT2D eigenvalue weighted by atomic mass is 19.1. The lowest BCUT2D eigenvalue weighted by molar-refractivity contribution is -0.127. The number of hydrogen-bond donors (Lipinski definition) is 1. The van der Waals surface area contributed by atoms with Gasteiger partial charge in [-0.05, 0) is 56.2 Å². The van der Waals surface area contributed by atoms with Crippen LogP contribution < -0.4 is 15.0 Å². The monoisotopic (exact) mass is 463 g/mol. The minimum absolute atomic E-state index is 0.0826. The van der Waals surface area contributed by atoms with Gasteiger partial charge in [-0.1, -0.05) is 31.7 Å². The Labute approximate surface area is 198 Å². The van der Waals surface area contributed by atoms with E-state index < -0.39 is 11.4 Å². The van der Waals surface area contributed by atoms with E-state index in [-0.39, 0.29) is 24.4 Å². The Balaban J connectivity index is 1.61. The van der Waals surface area contributed by atoms with Gasteiger partial charge in [-0.2, -0.15) is 0 Å². The SMILES string of the molecule is COc1ccc2cc3n(c2c1)C[C@@](C)(C(=O)NC1CCCCCC1)N(c1cccc(F)c1)C3=O. The fourth-order valence-electron chi connectivity index (χ4n) is 5.38. The van der Waals surface area contributed by atoms with Crippen LogP contribution in [-0.4, -0.2) is 35.1 Å². The molecule has 6 nitrogen and oxygen atoms in total. The molecule has 0 radical (unpaired) electrons. The lowest BCUT2D eigenvalue weighted by atomic mass is 9.92. The van der Waals surface area contributed by atoms with E-state index in [1.807, 2.05) is 28.8 Å². The average molecular weight is 464 g/mol. The second-order valence-corrected chi connectivity index (χ2v) is 9.60. The molecule has 1 aliphatic carbocycles. The maximum atomic E-state index is 14.2. The number of anilines is 1. The first kappa shape index (κ1) is 22.4. The Morgan fingerprint density at radius 2 is 1.85 bits per heavy atom. The summed E-state index contributed by atoms with van der Waals surface area (Å²) in [5.41, 5.74) is 0.430. The summed E-state index contributed by atoms with van der Waals surface area (Å²) in [6, 6.07) is 13.4. The van der Waals surface area contributed by atoms with Crippen LogP contribution in [0, 0.1) is 5.82 Å². The number of carbonyl (C=O) groups is 2. The Bertz CT molecular complexity index is 1250. The Morgan fingerprint density at radius 1 is 1.09 bits per heavy atom. The van der Waals surface area contributed by atoms with Gasteiger partial charge in [-0.25, -0.2) is 4.39 Å². The molecule has 1 fully saturated rings. The van der Waals surface area contributed by atoms with Gasteiger partial charge in [0.1, 0.15) is 22.8 Å². The summed E-state index contributed by atoms with van der Waals surface area (Å²) < 4.78 is 21.5. The molecule has 1 atom stereocenters. The van der Waals surface area contributed by atoms with Crippen LogP contribution in [0.25, 0.3) is 10.9 Å². The molecule has 1 aliphatic heterocycles. The third kappa shape index (κ3) is 3.83. The second-order valence-electron chi connectivity index (χ2n) is 9.60. The standard InChI is InChI=1S/C27H30FN3O3/c1-27(26(33)29-20-9-5-3-4-6-10-20)17-30-23-16-22(34-2)13-12-18(23)14-24(30)25(32)31(27)21-11-7-8-19(28)15-21/h7-8,11-16,20H,3-6,9-10,17H2,1-2H3,(H,29,33)/t27-/m0/s1.